The number of aliphatic hydroxyl groups is 1. The minimum atomic E-state index is -0.510. The molecule has 0 bridgehead atoms. The molecule has 1 fully saturated rings. The number of carbonyl (C=O) groups excluding carboxylic acids is 1. The Morgan fingerprint density at radius 3 is 2.65 bits per heavy atom. The van der Waals surface area contributed by atoms with Gasteiger partial charge >= 0.3 is 0 Å². The van der Waals surface area contributed by atoms with Crippen molar-refractivity contribution in [1.82, 2.24) is 10.1 Å². The zero-order chi connectivity index (χ0) is 18.7. The Morgan fingerprint density at radius 2 is 2.04 bits per heavy atom. The number of benzene rings is 1. The molecule has 140 valence electrons. The van der Waals surface area contributed by atoms with Crippen molar-refractivity contribution in [2.45, 2.75) is 32.3 Å². The standard InChI is InChI=1S/C20H27N3O3/c1-14-10-18(26-21-14)11-16-12-23(13-19(16)24)20(25)9-6-15-4-7-17(8-5-15)22(2)3/h4-5,7-8,10,16,19,24H,6,9,11-13H2,1-3H3/t16-,19+/m1/s1. The molecule has 2 atom stereocenters. The maximum absolute atomic E-state index is 12.5. The number of anilines is 1. The van der Waals surface area contributed by atoms with E-state index < -0.39 is 6.10 Å². The largest absolute Gasteiger partial charge is 0.391 e. The van der Waals surface area contributed by atoms with E-state index in [9.17, 15) is 9.90 Å². The van der Waals surface area contributed by atoms with Crippen LogP contribution in [0.25, 0.3) is 0 Å². The van der Waals surface area contributed by atoms with Crippen molar-refractivity contribution < 1.29 is 14.4 Å². The summed E-state index contributed by atoms with van der Waals surface area (Å²) in [5.41, 5.74) is 3.13. The Balaban J connectivity index is 1.50. The number of nitrogens with zero attached hydrogens (tertiary/aromatic N) is 3. The van der Waals surface area contributed by atoms with Gasteiger partial charge in [-0.25, -0.2) is 0 Å². The van der Waals surface area contributed by atoms with Crippen molar-refractivity contribution in [2.75, 3.05) is 32.1 Å². The highest BCUT2D eigenvalue weighted by Gasteiger charge is 2.34. The average Bonchev–Trinajstić information content (AvgIpc) is 3.19. The first-order chi connectivity index (χ1) is 12.4. The predicted molar refractivity (Wildman–Crippen MR) is 100 cm³/mol. The van der Waals surface area contributed by atoms with E-state index in [1.807, 2.05) is 27.1 Å². The quantitative estimate of drug-likeness (QED) is 0.857. The van der Waals surface area contributed by atoms with E-state index in [1.54, 1.807) is 4.90 Å². The Labute approximate surface area is 154 Å². The molecule has 6 heteroatoms. The molecule has 1 aliphatic heterocycles. The summed E-state index contributed by atoms with van der Waals surface area (Å²) in [6, 6.07) is 10.1. The third-order valence-corrected chi connectivity index (χ3v) is 4.98. The Bertz CT molecular complexity index is 739. The lowest BCUT2D eigenvalue weighted by molar-refractivity contribution is -0.130. The van der Waals surface area contributed by atoms with Crippen molar-refractivity contribution in [3.05, 3.63) is 47.3 Å². The number of aromatic nitrogens is 1. The van der Waals surface area contributed by atoms with E-state index in [-0.39, 0.29) is 11.8 Å². The van der Waals surface area contributed by atoms with Gasteiger partial charge < -0.3 is 19.4 Å². The number of amides is 1. The van der Waals surface area contributed by atoms with Gasteiger partial charge in [-0.3, -0.25) is 4.79 Å². The Hall–Kier alpha value is -2.34. The van der Waals surface area contributed by atoms with Crippen molar-refractivity contribution in [1.29, 1.82) is 0 Å². The molecular formula is C20H27N3O3. The lowest BCUT2D eigenvalue weighted by atomic mass is 10.0. The molecule has 1 aromatic heterocycles. The number of rotatable bonds is 6. The summed E-state index contributed by atoms with van der Waals surface area (Å²) < 4.78 is 5.23. The molecule has 2 aromatic rings. The van der Waals surface area contributed by atoms with E-state index in [0.717, 1.165) is 22.7 Å². The molecule has 0 unspecified atom stereocenters. The van der Waals surface area contributed by atoms with Gasteiger partial charge in [-0.05, 0) is 31.0 Å². The lowest BCUT2D eigenvalue weighted by Gasteiger charge is -2.16. The van der Waals surface area contributed by atoms with Crippen LogP contribution in [0.1, 0.15) is 23.4 Å². The average molecular weight is 357 g/mol. The number of aliphatic hydroxyl groups excluding tert-OH is 1. The number of hydrogen-bond acceptors (Lipinski definition) is 5. The van der Waals surface area contributed by atoms with Crippen LogP contribution in [0.2, 0.25) is 0 Å². The van der Waals surface area contributed by atoms with Crippen molar-refractivity contribution >= 4 is 11.6 Å². The summed E-state index contributed by atoms with van der Waals surface area (Å²) in [7, 11) is 4.02. The molecule has 26 heavy (non-hydrogen) atoms. The van der Waals surface area contributed by atoms with E-state index in [0.29, 0.717) is 32.4 Å². The van der Waals surface area contributed by atoms with Crippen molar-refractivity contribution in [3.63, 3.8) is 0 Å². The fraction of sp³-hybridized carbons (Fsp3) is 0.500. The maximum Gasteiger partial charge on any atom is 0.223 e. The monoisotopic (exact) mass is 357 g/mol. The van der Waals surface area contributed by atoms with Crippen LogP contribution in [0.15, 0.2) is 34.9 Å². The van der Waals surface area contributed by atoms with Crippen LogP contribution in [0.4, 0.5) is 5.69 Å². The van der Waals surface area contributed by atoms with Gasteiger partial charge in [0.1, 0.15) is 5.76 Å². The van der Waals surface area contributed by atoms with E-state index in [4.69, 9.17) is 4.52 Å². The van der Waals surface area contributed by atoms with Crippen LogP contribution in [0.3, 0.4) is 0 Å². The number of β-amino-alcohol motifs (C(OH)–C–C–N with tert-alkyl or cyclic N) is 1. The van der Waals surface area contributed by atoms with Gasteiger partial charge in [0.15, 0.2) is 0 Å². The van der Waals surface area contributed by atoms with Gasteiger partial charge in [0.2, 0.25) is 5.91 Å². The number of carbonyl (C=O) groups is 1. The number of hydrogen-bond donors (Lipinski definition) is 1. The number of likely N-dealkylation sites (tertiary alicyclic amines) is 1. The summed E-state index contributed by atoms with van der Waals surface area (Å²) in [5.74, 6) is 0.865. The van der Waals surface area contributed by atoms with Gasteiger partial charge in [0.25, 0.3) is 0 Å². The van der Waals surface area contributed by atoms with Gasteiger partial charge in [-0.2, -0.15) is 0 Å². The second-order valence-corrected chi connectivity index (χ2v) is 7.33. The van der Waals surface area contributed by atoms with Crippen LogP contribution in [-0.2, 0) is 17.6 Å². The SMILES string of the molecule is Cc1cc(C[C@@H]2CN(C(=O)CCc3ccc(N(C)C)cc3)C[C@@H]2O)on1. The highest BCUT2D eigenvalue weighted by Crippen LogP contribution is 2.23. The molecule has 3 rings (SSSR count). The van der Waals surface area contributed by atoms with Crippen LogP contribution in [0.5, 0.6) is 0 Å². The van der Waals surface area contributed by atoms with Crippen LogP contribution >= 0.6 is 0 Å². The van der Waals surface area contributed by atoms with Crippen molar-refractivity contribution in [3.8, 4) is 0 Å². The van der Waals surface area contributed by atoms with E-state index in [1.165, 1.54) is 0 Å². The molecule has 1 amide bonds. The van der Waals surface area contributed by atoms with Crippen molar-refractivity contribution in [2.24, 2.45) is 5.92 Å². The highest BCUT2D eigenvalue weighted by molar-refractivity contribution is 5.76. The normalized spacial score (nSPS) is 19.8. The Kier molecular flexibility index (Phi) is 5.61. The third kappa shape index (κ3) is 4.43. The van der Waals surface area contributed by atoms with Crippen LogP contribution < -0.4 is 4.90 Å². The molecule has 1 N–H and O–H groups in total. The maximum atomic E-state index is 12.5. The predicted octanol–water partition coefficient (Wildman–Crippen LogP) is 2.04. The molecule has 1 aromatic carbocycles. The molecule has 0 saturated carbocycles. The first kappa shape index (κ1) is 18.5. The molecule has 2 heterocycles. The van der Waals surface area contributed by atoms with E-state index >= 15 is 0 Å². The zero-order valence-electron chi connectivity index (χ0n) is 15.7. The molecule has 0 radical (unpaired) electrons. The molecular weight excluding hydrogens is 330 g/mol. The van der Waals surface area contributed by atoms with Crippen LogP contribution in [-0.4, -0.2) is 54.4 Å². The van der Waals surface area contributed by atoms with Gasteiger partial charge in [-0.1, -0.05) is 17.3 Å². The molecule has 0 spiro atoms. The molecule has 1 aliphatic rings. The van der Waals surface area contributed by atoms with Gasteiger partial charge in [0.05, 0.1) is 11.8 Å². The summed E-state index contributed by atoms with van der Waals surface area (Å²) in [4.78, 5) is 16.3. The minimum absolute atomic E-state index is 0.00525. The fourth-order valence-electron chi connectivity index (χ4n) is 3.40. The zero-order valence-corrected chi connectivity index (χ0v) is 15.7. The van der Waals surface area contributed by atoms with E-state index in [2.05, 4.69) is 34.3 Å². The number of aryl methyl sites for hydroxylation is 2. The summed E-state index contributed by atoms with van der Waals surface area (Å²) in [5, 5.41) is 14.2. The topological polar surface area (TPSA) is 69.8 Å². The van der Waals surface area contributed by atoms with Gasteiger partial charge in [0, 0.05) is 57.7 Å². The first-order valence-corrected chi connectivity index (χ1v) is 9.06. The molecule has 0 aliphatic carbocycles. The highest BCUT2D eigenvalue weighted by atomic mass is 16.5. The minimum Gasteiger partial charge on any atom is -0.391 e. The smallest absolute Gasteiger partial charge is 0.223 e. The summed E-state index contributed by atoms with van der Waals surface area (Å²) in [6.45, 7) is 2.84. The fourth-order valence-corrected chi connectivity index (χ4v) is 3.40. The third-order valence-electron chi connectivity index (χ3n) is 4.98. The lowest BCUT2D eigenvalue weighted by Crippen LogP contribution is -2.29. The Morgan fingerprint density at radius 1 is 1.31 bits per heavy atom. The molecule has 1 saturated heterocycles. The second-order valence-electron chi connectivity index (χ2n) is 7.33. The molecule has 6 nitrogen and oxygen atoms in total. The summed E-state index contributed by atoms with van der Waals surface area (Å²) in [6.07, 6.45) is 1.27. The first-order valence-electron chi connectivity index (χ1n) is 9.06. The summed E-state index contributed by atoms with van der Waals surface area (Å²) >= 11 is 0. The van der Waals surface area contributed by atoms with Gasteiger partial charge in [-0.15, -0.1) is 0 Å². The van der Waals surface area contributed by atoms with Crippen LogP contribution in [0, 0.1) is 12.8 Å². The second kappa shape index (κ2) is 7.91.